The molecule has 2 heterocycles. The second-order valence-corrected chi connectivity index (χ2v) is 4.71. The first-order valence-electron chi connectivity index (χ1n) is 5.05. The summed E-state index contributed by atoms with van der Waals surface area (Å²) >= 11 is 2.21. The molecule has 84 valence electrons. The summed E-state index contributed by atoms with van der Waals surface area (Å²) in [5, 5.41) is 13.8. The maximum absolute atomic E-state index is 9.61. The van der Waals surface area contributed by atoms with Gasteiger partial charge in [0, 0.05) is 6.20 Å². The molecular weight excluding hydrogens is 317 g/mol. The minimum Gasteiger partial charge on any atom is -0.387 e. The first-order valence-corrected chi connectivity index (χ1v) is 6.13. The third-order valence-corrected chi connectivity index (χ3v) is 2.87. The van der Waals surface area contributed by atoms with Gasteiger partial charge in [0.2, 0.25) is 0 Å². The van der Waals surface area contributed by atoms with Crippen molar-refractivity contribution in [3.05, 3.63) is 40.0 Å². The first-order chi connectivity index (χ1) is 7.70. The van der Waals surface area contributed by atoms with Crippen LogP contribution >= 0.6 is 22.6 Å². The smallest absolute Gasteiger partial charge is 0.0957 e. The van der Waals surface area contributed by atoms with Crippen LogP contribution in [-0.4, -0.2) is 19.9 Å². The highest BCUT2D eigenvalue weighted by Crippen LogP contribution is 2.15. The van der Waals surface area contributed by atoms with Crippen LogP contribution in [0.4, 0.5) is 0 Å². The molecule has 0 bridgehead atoms. The van der Waals surface area contributed by atoms with Crippen LogP contribution in [0.1, 0.15) is 25.1 Å². The fourth-order valence-electron chi connectivity index (χ4n) is 1.38. The zero-order valence-electron chi connectivity index (χ0n) is 8.84. The van der Waals surface area contributed by atoms with Gasteiger partial charge < -0.3 is 5.11 Å². The lowest BCUT2D eigenvalue weighted by molar-refractivity contribution is 0.169. The molecule has 5 heteroatoms. The van der Waals surface area contributed by atoms with Crippen LogP contribution in [0.3, 0.4) is 0 Å². The van der Waals surface area contributed by atoms with Crippen molar-refractivity contribution < 1.29 is 5.11 Å². The van der Waals surface area contributed by atoms with Crippen molar-refractivity contribution in [2.24, 2.45) is 0 Å². The van der Waals surface area contributed by atoms with Crippen LogP contribution in [-0.2, 0) is 0 Å². The minimum atomic E-state index is -0.480. The number of aliphatic hydroxyl groups is 1. The standard InChI is InChI=1S/C11H12IN3O/c1-2-11(16)10-4-3-9(6-13-10)15-7-8(12)5-14-15/h3-7,11,16H,2H2,1H3. The highest BCUT2D eigenvalue weighted by molar-refractivity contribution is 14.1. The quantitative estimate of drug-likeness (QED) is 0.880. The van der Waals surface area contributed by atoms with Crippen molar-refractivity contribution in [1.29, 1.82) is 0 Å². The molecule has 0 aliphatic rings. The second-order valence-electron chi connectivity index (χ2n) is 3.47. The van der Waals surface area contributed by atoms with Crippen LogP contribution < -0.4 is 0 Å². The van der Waals surface area contributed by atoms with E-state index < -0.39 is 6.10 Å². The van der Waals surface area contributed by atoms with Crippen molar-refractivity contribution >= 4 is 22.6 Å². The predicted molar refractivity (Wildman–Crippen MR) is 69.3 cm³/mol. The van der Waals surface area contributed by atoms with E-state index in [0.717, 1.165) is 9.26 Å². The number of hydrogen-bond acceptors (Lipinski definition) is 3. The van der Waals surface area contributed by atoms with Crippen molar-refractivity contribution in [3.8, 4) is 5.69 Å². The van der Waals surface area contributed by atoms with Gasteiger partial charge in [0.1, 0.15) is 0 Å². The van der Waals surface area contributed by atoms with Crippen LogP contribution in [0.2, 0.25) is 0 Å². The molecule has 2 aromatic rings. The summed E-state index contributed by atoms with van der Waals surface area (Å²) in [6, 6.07) is 3.74. The Labute approximate surface area is 107 Å². The predicted octanol–water partition coefficient (Wildman–Crippen LogP) is 2.32. The topological polar surface area (TPSA) is 50.9 Å². The average Bonchev–Trinajstić information content (AvgIpc) is 2.75. The summed E-state index contributed by atoms with van der Waals surface area (Å²) in [4.78, 5) is 4.22. The molecule has 1 atom stereocenters. The van der Waals surface area contributed by atoms with Crippen LogP contribution in [0, 0.1) is 3.57 Å². The lowest BCUT2D eigenvalue weighted by Gasteiger charge is -2.07. The molecule has 0 aromatic carbocycles. The molecule has 1 N–H and O–H groups in total. The number of aromatic nitrogens is 3. The van der Waals surface area contributed by atoms with Crippen molar-refractivity contribution in [2.45, 2.75) is 19.4 Å². The molecule has 0 spiro atoms. The lowest BCUT2D eigenvalue weighted by atomic mass is 10.2. The van der Waals surface area contributed by atoms with Crippen molar-refractivity contribution in [2.75, 3.05) is 0 Å². The molecule has 4 nitrogen and oxygen atoms in total. The van der Waals surface area contributed by atoms with E-state index in [1.54, 1.807) is 17.1 Å². The number of rotatable bonds is 3. The number of hydrogen-bond donors (Lipinski definition) is 1. The number of pyridine rings is 1. The van der Waals surface area contributed by atoms with Crippen LogP contribution in [0.15, 0.2) is 30.7 Å². The summed E-state index contributed by atoms with van der Waals surface area (Å²) in [5.74, 6) is 0. The molecule has 0 aliphatic heterocycles. The summed E-state index contributed by atoms with van der Waals surface area (Å²) in [6.45, 7) is 1.93. The van der Waals surface area contributed by atoms with Crippen molar-refractivity contribution in [3.63, 3.8) is 0 Å². The van der Waals surface area contributed by atoms with Gasteiger partial charge in [-0.25, -0.2) is 4.68 Å². The summed E-state index contributed by atoms with van der Waals surface area (Å²) < 4.78 is 2.84. The molecular formula is C11H12IN3O. The maximum Gasteiger partial charge on any atom is 0.0957 e. The average molecular weight is 329 g/mol. The van der Waals surface area contributed by atoms with Gasteiger partial charge in [0.15, 0.2) is 0 Å². The molecule has 0 saturated heterocycles. The van der Waals surface area contributed by atoms with Gasteiger partial charge in [0.25, 0.3) is 0 Å². The van der Waals surface area contributed by atoms with E-state index in [4.69, 9.17) is 0 Å². The van der Waals surface area contributed by atoms with E-state index in [0.29, 0.717) is 12.1 Å². The Morgan fingerprint density at radius 1 is 1.44 bits per heavy atom. The fourth-order valence-corrected chi connectivity index (χ4v) is 1.77. The molecule has 0 aliphatic carbocycles. The summed E-state index contributed by atoms with van der Waals surface area (Å²) in [7, 11) is 0. The Morgan fingerprint density at radius 3 is 2.75 bits per heavy atom. The Bertz CT molecular complexity index is 466. The third kappa shape index (κ3) is 2.41. The molecule has 2 aromatic heterocycles. The summed E-state index contributed by atoms with van der Waals surface area (Å²) in [5.41, 5.74) is 1.60. The van der Waals surface area contributed by atoms with Gasteiger partial charge in [0.05, 0.1) is 33.4 Å². The highest BCUT2D eigenvalue weighted by atomic mass is 127. The SMILES string of the molecule is CCC(O)c1ccc(-n2cc(I)cn2)cn1. The van der Waals surface area contributed by atoms with Gasteiger partial charge in [-0.05, 0) is 41.1 Å². The van der Waals surface area contributed by atoms with E-state index in [1.165, 1.54) is 0 Å². The second kappa shape index (κ2) is 4.92. The maximum atomic E-state index is 9.61. The number of aliphatic hydroxyl groups excluding tert-OH is 1. The van der Waals surface area contributed by atoms with E-state index in [2.05, 4.69) is 32.7 Å². The monoisotopic (exact) mass is 329 g/mol. The van der Waals surface area contributed by atoms with E-state index in [9.17, 15) is 5.11 Å². The molecule has 2 rings (SSSR count). The van der Waals surface area contributed by atoms with Gasteiger partial charge in [-0.1, -0.05) is 6.92 Å². The number of nitrogens with zero attached hydrogens (tertiary/aromatic N) is 3. The molecule has 0 fully saturated rings. The van der Waals surface area contributed by atoms with Crippen molar-refractivity contribution in [1.82, 2.24) is 14.8 Å². The van der Waals surface area contributed by atoms with Gasteiger partial charge >= 0.3 is 0 Å². The van der Waals surface area contributed by atoms with Gasteiger partial charge in [-0.3, -0.25) is 4.98 Å². The van der Waals surface area contributed by atoms with E-state index in [-0.39, 0.29) is 0 Å². The third-order valence-electron chi connectivity index (χ3n) is 2.31. The summed E-state index contributed by atoms with van der Waals surface area (Å²) in [6.07, 6.45) is 5.62. The zero-order valence-corrected chi connectivity index (χ0v) is 11.0. The molecule has 16 heavy (non-hydrogen) atoms. The molecule has 0 saturated carbocycles. The Morgan fingerprint density at radius 2 is 2.25 bits per heavy atom. The molecule has 0 amide bonds. The van der Waals surface area contributed by atoms with Gasteiger partial charge in [-0.15, -0.1) is 0 Å². The molecule has 1 unspecified atom stereocenters. The first kappa shape index (κ1) is 11.5. The van der Waals surface area contributed by atoms with E-state index in [1.807, 2.05) is 25.3 Å². The lowest BCUT2D eigenvalue weighted by Crippen LogP contribution is -2.01. The molecule has 0 radical (unpaired) electrons. The highest BCUT2D eigenvalue weighted by Gasteiger charge is 2.06. The van der Waals surface area contributed by atoms with Crippen LogP contribution in [0.25, 0.3) is 5.69 Å². The van der Waals surface area contributed by atoms with Gasteiger partial charge in [-0.2, -0.15) is 5.10 Å². The normalized spacial score (nSPS) is 12.7. The fraction of sp³-hybridized carbons (Fsp3) is 0.273. The largest absolute Gasteiger partial charge is 0.387 e. The Kier molecular flexibility index (Phi) is 3.55. The Balaban J connectivity index is 2.25. The zero-order chi connectivity index (χ0) is 11.5. The number of halogens is 1. The van der Waals surface area contributed by atoms with Crippen LogP contribution in [0.5, 0.6) is 0 Å². The Hall–Kier alpha value is -0.950. The van der Waals surface area contributed by atoms with E-state index >= 15 is 0 Å². The minimum absolute atomic E-state index is 0.480.